The summed E-state index contributed by atoms with van der Waals surface area (Å²) in [5.74, 6) is 2.48. The average molecular weight is 179 g/mol. The van der Waals surface area contributed by atoms with E-state index in [1.807, 2.05) is 11.8 Å². The predicted octanol–water partition coefficient (Wildman–Crippen LogP) is 2.59. The first-order valence-electron chi connectivity index (χ1n) is 4.34. The number of rotatable bonds is 1. The maximum atomic E-state index is 2.44. The largest absolute Gasteiger partial charge is 0.362 e. The highest BCUT2D eigenvalue weighted by atomic mass is 32.2. The van der Waals surface area contributed by atoms with Crippen LogP contribution in [-0.2, 0) is 0 Å². The molecule has 0 amide bonds. The van der Waals surface area contributed by atoms with Crippen LogP contribution < -0.4 is 4.90 Å². The van der Waals surface area contributed by atoms with Gasteiger partial charge in [-0.2, -0.15) is 0 Å². The summed E-state index contributed by atoms with van der Waals surface area (Å²) in [6, 6.07) is 10.7. The molecule has 0 bridgehead atoms. The number of nitrogens with zero attached hydrogens (tertiary/aromatic N) is 1. The first-order chi connectivity index (χ1) is 5.97. The molecular formula is C10H13NS. The molecule has 1 aliphatic heterocycles. The zero-order chi connectivity index (χ0) is 8.23. The molecular weight excluding hydrogens is 166 g/mol. The first kappa shape index (κ1) is 7.99. The molecule has 1 aliphatic rings. The van der Waals surface area contributed by atoms with E-state index in [9.17, 15) is 0 Å². The lowest BCUT2D eigenvalue weighted by molar-refractivity contribution is 0.824. The highest BCUT2D eigenvalue weighted by Gasteiger charge is 2.09. The van der Waals surface area contributed by atoms with Crippen molar-refractivity contribution in [2.24, 2.45) is 0 Å². The number of hydrogen-bond donors (Lipinski definition) is 0. The van der Waals surface area contributed by atoms with Gasteiger partial charge in [0.2, 0.25) is 0 Å². The molecule has 2 rings (SSSR count). The summed E-state index contributed by atoms with van der Waals surface area (Å²) in [5.41, 5.74) is 1.37. The van der Waals surface area contributed by atoms with Gasteiger partial charge in [0.1, 0.15) is 0 Å². The Labute approximate surface area is 77.8 Å². The molecule has 64 valence electrons. The van der Waals surface area contributed by atoms with Crippen LogP contribution >= 0.6 is 11.8 Å². The predicted molar refractivity (Wildman–Crippen MR) is 55.7 cm³/mol. The van der Waals surface area contributed by atoms with Gasteiger partial charge in [0.15, 0.2) is 0 Å². The monoisotopic (exact) mass is 179 g/mol. The molecule has 1 saturated heterocycles. The minimum absolute atomic E-state index is 1.16. The highest BCUT2D eigenvalue weighted by Crippen LogP contribution is 2.21. The third-order valence-corrected chi connectivity index (χ3v) is 3.16. The van der Waals surface area contributed by atoms with Crippen molar-refractivity contribution in [3.8, 4) is 0 Å². The van der Waals surface area contributed by atoms with E-state index in [0.717, 1.165) is 5.88 Å². The Bertz CT molecular complexity index is 229. The Morgan fingerprint density at radius 2 is 2.00 bits per heavy atom. The van der Waals surface area contributed by atoms with Crippen molar-refractivity contribution in [2.45, 2.75) is 6.42 Å². The zero-order valence-corrected chi connectivity index (χ0v) is 7.89. The Balaban J connectivity index is 2.08. The topological polar surface area (TPSA) is 3.24 Å². The normalized spacial score (nSPS) is 17.8. The van der Waals surface area contributed by atoms with E-state index < -0.39 is 0 Å². The van der Waals surface area contributed by atoms with E-state index in [-0.39, 0.29) is 0 Å². The van der Waals surface area contributed by atoms with Gasteiger partial charge in [-0.05, 0) is 24.3 Å². The van der Waals surface area contributed by atoms with Crippen molar-refractivity contribution >= 4 is 17.4 Å². The molecule has 0 N–H and O–H groups in total. The van der Waals surface area contributed by atoms with Crippen molar-refractivity contribution in [1.29, 1.82) is 0 Å². The number of thioether (sulfide) groups is 1. The summed E-state index contributed by atoms with van der Waals surface area (Å²) < 4.78 is 0. The molecule has 0 saturated carbocycles. The van der Waals surface area contributed by atoms with Crippen LogP contribution in [0.5, 0.6) is 0 Å². The second-order valence-electron chi connectivity index (χ2n) is 2.99. The van der Waals surface area contributed by atoms with Crippen LogP contribution in [0.25, 0.3) is 0 Å². The van der Waals surface area contributed by atoms with Crippen LogP contribution in [0.15, 0.2) is 30.3 Å². The Kier molecular flexibility index (Phi) is 2.57. The summed E-state index contributed by atoms with van der Waals surface area (Å²) in [4.78, 5) is 2.44. The quantitative estimate of drug-likeness (QED) is 0.652. The molecule has 1 heterocycles. The van der Waals surface area contributed by atoms with Gasteiger partial charge < -0.3 is 4.90 Å². The van der Waals surface area contributed by atoms with Crippen molar-refractivity contribution in [3.05, 3.63) is 30.3 Å². The van der Waals surface area contributed by atoms with Crippen molar-refractivity contribution in [1.82, 2.24) is 0 Å². The molecule has 12 heavy (non-hydrogen) atoms. The summed E-state index contributed by atoms with van der Waals surface area (Å²) in [5, 5.41) is 0. The lowest BCUT2D eigenvalue weighted by Gasteiger charge is -2.28. The average Bonchev–Trinajstić information content (AvgIpc) is 2.21. The fourth-order valence-corrected chi connectivity index (χ4v) is 2.40. The maximum Gasteiger partial charge on any atom is 0.0639 e. The number of hydrogen-bond acceptors (Lipinski definition) is 2. The molecule has 1 fully saturated rings. The minimum atomic E-state index is 1.16. The SMILES string of the molecule is c1ccc(N2CCCSC2)cc1. The van der Waals surface area contributed by atoms with Crippen LogP contribution in [0.3, 0.4) is 0 Å². The summed E-state index contributed by atoms with van der Waals surface area (Å²) in [6.45, 7) is 1.22. The van der Waals surface area contributed by atoms with Crippen LogP contribution in [0.2, 0.25) is 0 Å². The fourth-order valence-electron chi connectivity index (χ4n) is 1.44. The third kappa shape index (κ3) is 1.75. The van der Waals surface area contributed by atoms with Crippen molar-refractivity contribution in [3.63, 3.8) is 0 Å². The van der Waals surface area contributed by atoms with E-state index in [2.05, 4.69) is 35.2 Å². The molecule has 0 aromatic heterocycles. The molecule has 0 atom stereocenters. The second-order valence-corrected chi connectivity index (χ2v) is 4.06. The van der Waals surface area contributed by atoms with Gasteiger partial charge in [-0.1, -0.05) is 18.2 Å². The summed E-state index contributed by atoms with van der Waals surface area (Å²) in [7, 11) is 0. The molecule has 0 unspecified atom stereocenters. The number of para-hydroxylation sites is 1. The van der Waals surface area contributed by atoms with E-state index in [0.29, 0.717) is 0 Å². The van der Waals surface area contributed by atoms with Gasteiger partial charge in [-0.15, -0.1) is 11.8 Å². The molecule has 1 nitrogen and oxygen atoms in total. The third-order valence-electron chi connectivity index (χ3n) is 2.09. The molecule has 0 aliphatic carbocycles. The molecule has 1 aromatic rings. The Morgan fingerprint density at radius 3 is 2.67 bits per heavy atom. The second kappa shape index (κ2) is 3.85. The van der Waals surface area contributed by atoms with Crippen molar-refractivity contribution < 1.29 is 0 Å². The smallest absolute Gasteiger partial charge is 0.0639 e. The van der Waals surface area contributed by atoms with Gasteiger partial charge in [0.25, 0.3) is 0 Å². The highest BCUT2D eigenvalue weighted by molar-refractivity contribution is 7.99. The molecule has 0 spiro atoms. The lowest BCUT2D eigenvalue weighted by Crippen LogP contribution is -2.28. The lowest BCUT2D eigenvalue weighted by atomic mass is 10.3. The van der Waals surface area contributed by atoms with Gasteiger partial charge in [0, 0.05) is 12.2 Å². The fraction of sp³-hybridized carbons (Fsp3) is 0.400. The summed E-state index contributed by atoms with van der Waals surface area (Å²) >= 11 is 2.02. The first-order valence-corrected chi connectivity index (χ1v) is 5.50. The minimum Gasteiger partial charge on any atom is -0.362 e. The zero-order valence-electron chi connectivity index (χ0n) is 7.07. The Hall–Kier alpha value is -0.630. The van der Waals surface area contributed by atoms with E-state index in [1.54, 1.807) is 0 Å². The summed E-state index contributed by atoms with van der Waals surface area (Å²) in [6.07, 6.45) is 1.32. The molecule has 1 aromatic carbocycles. The molecule has 0 radical (unpaired) electrons. The molecule has 2 heteroatoms. The van der Waals surface area contributed by atoms with E-state index in [4.69, 9.17) is 0 Å². The van der Waals surface area contributed by atoms with Gasteiger partial charge in [-0.3, -0.25) is 0 Å². The number of benzene rings is 1. The van der Waals surface area contributed by atoms with Crippen LogP contribution in [0, 0.1) is 0 Å². The van der Waals surface area contributed by atoms with Gasteiger partial charge in [0.05, 0.1) is 5.88 Å². The van der Waals surface area contributed by atoms with Crippen LogP contribution in [0.1, 0.15) is 6.42 Å². The Morgan fingerprint density at radius 1 is 1.17 bits per heavy atom. The van der Waals surface area contributed by atoms with Crippen LogP contribution in [0.4, 0.5) is 5.69 Å². The number of anilines is 1. The van der Waals surface area contributed by atoms with E-state index in [1.165, 1.54) is 24.4 Å². The van der Waals surface area contributed by atoms with Gasteiger partial charge in [-0.25, -0.2) is 0 Å². The van der Waals surface area contributed by atoms with Crippen LogP contribution in [-0.4, -0.2) is 18.2 Å². The van der Waals surface area contributed by atoms with E-state index >= 15 is 0 Å². The standard InChI is InChI=1S/C10H13NS/c1-2-5-10(6-3-1)11-7-4-8-12-9-11/h1-3,5-6H,4,7-9H2. The maximum absolute atomic E-state index is 2.44. The van der Waals surface area contributed by atoms with Crippen molar-refractivity contribution in [2.75, 3.05) is 23.1 Å². The van der Waals surface area contributed by atoms with Gasteiger partial charge >= 0.3 is 0 Å².